The van der Waals surface area contributed by atoms with E-state index in [-0.39, 0.29) is 10.8 Å². The van der Waals surface area contributed by atoms with E-state index < -0.39 is 0 Å². The molecule has 0 unspecified atom stereocenters. The zero-order valence-electron chi connectivity index (χ0n) is 37.0. The van der Waals surface area contributed by atoms with E-state index in [2.05, 4.69) is 231 Å². The van der Waals surface area contributed by atoms with E-state index in [1.165, 1.54) is 131 Å². The van der Waals surface area contributed by atoms with Crippen LogP contribution in [0, 0.1) is 0 Å². The first kappa shape index (κ1) is 38.0. The highest BCUT2D eigenvalue weighted by atomic mass is 15.1. The third kappa shape index (κ3) is 5.78. The topological polar surface area (TPSA) is 3.24 Å². The van der Waals surface area contributed by atoms with Gasteiger partial charge in [0.05, 0.1) is 0 Å². The van der Waals surface area contributed by atoms with Gasteiger partial charge in [-0.15, -0.1) is 0 Å². The van der Waals surface area contributed by atoms with Crippen molar-refractivity contribution in [2.75, 3.05) is 4.90 Å². The van der Waals surface area contributed by atoms with Crippen molar-refractivity contribution in [2.45, 2.75) is 50.4 Å². The molecule has 0 aliphatic heterocycles. The number of hydrogen-bond acceptors (Lipinski definition) is 1. The first-order valence-electron chi connectivity index (χ1n) is 23.5. The van der Waals surface area contributed by atoms with Gasteiger partial charge >= 0.3 is 0 Å². The fourth-order valence-electron chi connectivity index (χ4n) is 12.4. The van der Waals surface area contributed by atoms with E-state index in [0.29, 0.717) is 0 Å². The summed E-state index contributed by atoms with van der Waals surface area (Å²) in [6.45, 7) is 4.77. The van der Waals surface area contributed by atoms with Crippen LogP contribution in [-0.4, -0.2) is 0 Å². The van der Waals surface area contributed by atoms with E-state index in [9.17, 15) is 0 Å². The third-order valence-corrected chi connectivity index (χ3v) is 15.4. The average Bonchev–Trinajstić information content (AvgIpc) is 4.04. The molecule has 0 amide bonds. The Bertz CT molecular complexity index is 3510. The maximum atomic E-state index is 2.53. The molecule has 0 atom stereocenters. The van der Waals surface area contributed by atoms with Crippen LogP contribution in [0.3, 0.4) is 0 Å². The Morgan fingerprint density at radius 3 is 1.62 bits per heavy atom. The molecule has 13 rings (SSSR count). The van der Waals surface area contributed by atoms with Crippen LogP contribution in [0.1, 0.15) is 61.8 Å². The van der Waals surface area contributed by atoms with Gasteiger partial charge in [0.25, 0.3) is 0 Å². The molecule has 10 aromatic rings. The van der Waals surface area contributed by atoms with Crippen LogP contribution in [0.5, 0.6) is 0 Å². The fourth-order valence-corrected chi connectivity index (χ4v) is 12.4. The molecule has 65 heavy (non-hydrogen) atoms. The second-order valence-electron chi connectivity index (χ2n) is 19.2. The molecule has 0 aromatic heterocycles. The van der Waals surface area contributed by atoms with Crippen molar-refractivity contribution in [1.82, 2.24) is 0 Å². The lowest BCUT2D eigenvalue weighted by molar-refractivity contribution is 0.550. The fraction of sp³-hybridized carbons (Fsp3) is 0.125. The second kappa shape index (κ2) is 14.5. The molecule has 3 aliphatic rings. The van der Waals surface area contributed by atoms with E-state index in [1.54, 1.807) is 0 Å². The summed E-state index contributed by atoms with van der Waals surface area (Å²) in [5.41, 5.74) is 22.3. The van der Waals surface area contributed by atoms with Crippen LogP contribution in [0.15, 0.2) is 212 Å². The lowest BCUT2D eigenvalue weighted by Crippen LogP contribution is -2.21. The van der Waals surface area contributed by atoms with Crippen molar-refractivity contribution in [3.05, 3.63) is 235 Å². The van der Waals surface area contributed by atoms with Gasteiger partial charge in [0, 0.05) is 27.9 Å². The highest BCUT2D eigenvalue weighted by Crippen LogP contribution is 2.58. The summed E-state index contributed by atoms with van der Waals surface area (Å²) in [6, 6.07) is 79.9. The van der Waals surface area contributed by atoms with Crippen LogP contribution in [0.2, 0.25) is 0 Å². The molecule has 0 saturated heterocycles. The molecule has 1 saturated carbocycles. The number of nitrogens with zero attached hydrogens (tertiary/aromatic N) is 1. The molecule has 1 fully saturated rings. The Kier molecular flexibility index (Phi) is 8.50. The van der Waals surface area contributed by atoms with Crippen molar-refractivity contribution >= 4 is 38.6 Å². The van der Waals surface area contributed by atoms with Crippen molar-refractivity contribution in [2.24, 2.45) is 0 Å². The molecule has 3 aliphatic carbocycles. The molecule has 10 aromatic carbocycles. The molecule has 1 nitrogen and oxygen atoms in total. The summed E-state index contributed by atoms with van der Waals surface area (Å²) in [5.74, 6) is 0. The first-order chi connectivity index (χ1) is 32.0. The highest BCUT2D eigenvalue weighted by Gasteiger charge is 2.45. The zero-order valence-corrected chi connectivity index (χ0v) is 37.0. The van der Waals surface area contributed by atoms with Crippen LogP contribution in [0.4, 0.5) is 17.1 Å². The monoisotopic (exact) mass is 831 g/mol. The van der Waals surface area contributed by atoms with Crippen LogP contribution in [-0.2, 0) is 10.8 Å². The Balaban J connectivity index is 0.915. The van der Waals surface area contributed by atoms with E-state index in [1.807, 2.05) is 0 Å². The Morgan fingerprint density at radius 1 is 0.338 bits per heavy atom. The summed E-state index contributed by atoms with van der Waals surface area (Å²) in [7, 11) is 0. The highest BCUT2D eigenvalue weighted by molar-refractivity contribution is 6.08. The molecule has 0 N–H and O–H groups in total. The Hall–Kier alpha value is -7.48. The number of rotatable bonds is 6. The van der Waals surface area contributed by atoms with Gasteiger partial charge in [0.2, 0.25) is 0 Å². The van der Waals surface area contributed by atoms with Gasteiger partial charge in [-0.1, -0.05) is 197 Å². The minimum Gasteiger partial charge on any atom is -0.310 e. The molecule has 1 heteroatoms. The summed E-state index contributed by atoms with van der Waals surface area (Å²) < 4.78 is 0. The molecule has 310 valence electrons. The predicted molar refractivity (Wildman–Crippen MR) is 275 cm³/mol. The van der Waals surface area contributed by atoms with Gasteiger partial charge in [-0.2, -0.15) is 0 Å². The predicted octanol–water partition coefficient (Wildman–Crippen LogP) is 17.6. The molecular formula is C64H49N. The minimum atomic E-state index is -0.104. The van der Waals surface area contributed by atoms with E-state index in [0.717, 1.165) is 11.4 Å². The van der Waals surface area contributed by atoms with Crippen molar-refractivity contribution in [1.29, 1.82) is 0 Å². The second-order valence-corrected chi connectivity index (χ2v) is 19.2. The minimum absolute atomic E-state index is 0.0833. The van der Waals surface area contributed by atoms with Crippen molar-refractivity contribution in [3.63, 3.8) is 0 Å². The molecule has 1 spiro atoms. The van der Waals surface area contributed by atoms with E-state index >= 15 is 0 Å². The molecule has 0 heterocycles. The largest absolute Gasteiger partial charge is 0.310 e. The number of hydrogen-bond donors (Lipinski definition) is 0. The molecule has 0 bridgehead atoms. The lowest BCUT2D eigenvalue weighted by Gasteiger charge is -2.30. The third-order valence-electron chi connectivity index (χ3n) is 15.4. The Labute approximate surface area is 382 Å². The van der Waals surface area contributed by atoms with E-state index in [4.69, 9.17) is 0 Å². The standard InChI is InChI=1S/C64H49N/c1-63(2)59-22-9-7-19-55(59)58-21-13-20-57(62(58)63)53-17-6-5-16-51(53)44-28-33-48(34-29-44)65(49-35-37-56-54-18-8-10-23-60(54)64(61(56)41-49)38-11-12-39-64)47-31-26-42(27-32-47)45-30-36-52-46(40-45)25-24-43-14-3-4-15-50(43)52/h3-10,13-37,40-41H,11-12,38-39H2,1-2H3. The van der Waals surface area contributed by atoms with Crippen LogP contribution < -0.4 is 4.90 Å². The van der Waals surface area contributed by atoms with Crippen LogP contribution in [0.25, 0.3) is 77.2 Å². The van der Waals surface area contributed by atoms with Gasteiger partial charge < -0.3 is 4.90 Å². The lowest BCUT2D eigenvalue weighted by atomic mass is 9.76. The normalized spacial score (nSPS) is 14.9. The first-order valence-corrected chi connectivity index (χ1v) is 23.5. The van der Waals surface area contributed by atoms with Crippen LogP contribution >= 0.6 is 0 Å². The molecular weight excluding hydrogens is 783 g/mol. The number of anilines is 3. The number of fused-ring (bicyclic) bond motifs is 11. The molecule has 0 radical (unpaired) electrons. The SMILES string of the molecule is CC1(C)c2ccccc2-c2cccc(-c3ccccc3-c3ccc(N(c4ccc(-c5ccc6c(ccc7ccccc76)c5)cc4)c4ccc5c(c4)C4(CCCC4)c4ccccc4-5)cc3)c21. The van der Waals surface area contributed by atoms with Gasteiger partial charge in [-0.05, 0) is 155 Å². The zero-order chi connectivity index (χ0) is 43.3. The average molecular weight is 832 g/mol. The summed E-state index contributed by atoms with van der Waals surface area (Å²) in [5, 5.41) is 5.13. The number of benzene rings is 10. The smallest absolute Gasteiger partial charge is 0.0465 e. The van der Waals surface area contributed by atoms with Gasteiger partial charge in [0.1, 0.15) is 0 Å². The summed E-state index contributed by atoms with van der Waals surface area (Å²) in [4.78, 5) is 2.47. The van der Waals surface area contributed by atoms with Gasteiger partial charge in [-0.3, -0.25) is 0 Å². The quantitative estimate of drug-likeness (QED) is 0.151. The van der Waals surface area contributed by atoms with Gasteiger partial charge in [0.15, 0.2) is 0 Å². The van der Waals surface area contributed by atoms with Gasteiger partial charge in [-0.25, -0.2) is 0 Å². The summed E-state index contributed by atoms with van der Waals surface area (Å²) >= 11 is 0. The maximum absolute atomic E-state index is 2.53. The summed E-state index contributed by atoms with van der Waals surface area (Å²) in [6.07, 6.45) is 4.96. The Morgan fingerprint density at radius 2 is 0.862 bits per heavy atom. The maximum Gasteiger partial charge on any atom is 0.0465 e. The van der Waals surface area contributed by atoms with Crippen molar-refractivity contribution in [3.8, 4) is 55.6 Å². The van der Waals surface area contributed by atoms with Crippen molar-refractivity contribution < 1.29 is 0 Å².